The summed E-state index contributed by atoms with van der Waals surface area (Å²) >= 11 is 4.87. The van der Waals surface area contributed by atoms with Gasteiger partial charge in [-0.25, -0.2) is 0 Å². The highest BCUT2D eigenvalue weighted by atomic mass is 32.1. The van der Waals surface area contributed by atoms with Crippen LogP contribution >= 0.6 is 12.2 Å². The standard InChI is InChI=1S/C14H20N2O3S/c1-10(14(17)16-8-3-9-18-2)19-12-6-4-11(5-7-12)13(15)20/h4-7,10H,3,8-9H2,1-2H3,(H2,15,20)(H,16,17). The summed E-state index contributed by atoms with van der Waals surface area (Å²) in [6, 6.07) is 7.01. The molecular formula is C14H20N2O3S. The second kappa shape index (κ2) is 8.50. The molecule has 1 atom stereocenters. The van der Waals surface area contributed by atoms with Gasteiger partial charge in [-0.2, -0.15) is 0 Å². The zero-order valence-electron chi connectivity index (χ0n) is 11.7. The van der Waals surface area contributed by atoms with Crippen LogP contribution in [-0.2, 0) is 9.53 Å². The van der Waals surface area contributed by atoms with Crippen LogP contribution < -0.4 is 15.8 Å². The number of thiocarbonyl (C=S) groups is 1. The minimum Gasteiger partial charge on any atom is -0.481 e. The zero-order valence-corrected chi connectivity index (χ0v) is 12.5. The van der Waals surface area contributed by atoms with Crippen LogP contribution in [0.2, 0.25) is 0 Å². The van der Waals surface area contributed by atoms with Gasteiger partial charge < -0.3 is 20.5 Å². The van der Waals surface area contributed by atoms with Gasteiger partial charge in [0, 0.05) is 25.8 Å². The number of nitrogens with one attached hydrogen (secondary N) is 1. The highest BCUT2D eigenvalue weighted by Gasteiger charge is 2.13. The SMILES string of the molecule is COCCCNC(=O)C(C)Oc1ccc(C(N)=S)cc1. The van der Waals surface area contributed by atoms with E-state index < -0.39 is 6.10 Å². The highest BCUT2D eigenvalue weighted by molar-refractivity contribution is 7.80. The molecule has 20 heavy (non-hydrogen) atoms. The number of amides is 1. The Morgan fingerprint density at radius 3 is 2.60 bits per heavy atom. The van der Waals surface area contributed by atoms with Crippen LogP contribution in [-0.4, -0.2) is 37.3 Å². The van der Waals surface area contributed by atoms with Crippen molar-refractivity contribution in [3.63, 3.8) is 0 Å². The van der Waals surface area contributed by atoms with Crippen molar-refractivity contribution in [2.45, 2.75) is 19.4 Å². The summed E-state index contributed by atoms with van der Waals surface area (Å²) in [7, 11) is 1.63. The van der Waals surface area contributed by atoms with Crippen LogP contribution in [0.15, 0.2) is 24.3 Å². The first kappa shape index (κ1) is 16.4. The van der Waals surface area contributed by atoms with Gasteiger partial charge in [0.25, 0.3) is 5.91 Å². The maximum absolute atomic E-state index is 11.8. The van der Waals surface area contributed by atoms with Gasteiger partial charge in [-0.1, -0.05) is 12.2 Å². The zero-order chi connectivity index (χ0) is 15.0. The van der Waals surface area contributed by atoms with E-state index in [1.807, 2.05) is 0 Å². The predicted molar refractivity (Wildman–Crippen MR) is 81.9 cm³/mol. The van der Waals surface area contributed by atoms with E-state index in [4.69, 9.17) is 27.4 Å². The molecule has 0 aliphatic rings. The fraction of sp³-hybridized carbons (Fsp3) is 0.429. The van der Waals surface area contributed by atoms with E-state index >= 15 is 0 Å². The van der Waals surface area contributed by atoms with Crippen molar-refractivity contribution in [2.75, 3.05) is 20.3 Å². The van der Waals surface area contributed by atoms with Gasteiger partial charge in [-0.05, 0) is 37.6 Å². The summed E-state index contributed by atoms with van der Waals surface area (Å²) in [6.07, 6.45) is 0.214. The average molecular weight is 296 g/mol. The van der Waals surface area contributed by atoms with Crippen LogP contribution in [0.4, 0.5) is 0 Å². The maximum atomic E-state index is 11.8. The molecule has 1 amide bonds. The number of carbonyl (C=O) groups is 1. The van der Waals surface area contributed by atoms with Gasteiger partial charge in [-0.3, -0.25) is 4.79 Å². The van der Waals surface area contributed by atoms with Gasteiger partial charge in [0.1, 0.15) is 10.7 Å². The van der Waals surface area contributed by atoms with Gasteiger partial charge >= 0.3 is 0 Å². The Morgan fingerprint density at radius 1 is 1.40 bits per heavy atom. The number of hydrogen-bond acceptors (Lipinski definition) is 4. The molecule has 1 aromatic carbocycles. The third-order valence-corrected chi connectivity index (χ3v) is 2.88. The summed E-state index contributed by atoms with van der Waals surface area (Å²) in [4.78, 5) is 12.1. The monoisotopic (exact) mass is 296 g/mol. The number of benzene rings is 1. The van der Waals surface area contributed by atoms with Crippen LogP contribution in [0, 0.1) is 0 Å². The first-order valence-electron chi connectivity index (χ1n) is 6.37. The topological polar surface area (TPSA) is 73.6 Å². The molecule has 3 N–H and O–H groups in total. The molecule has 1 aromatic rings. The van der Waals surface area contributed by atoms with E-state index in [0.29, 0.717) is 23.9 Å². The molecule has 110 valence electrons. The molecule has 1 rings (SSSR count). The molecule has 0 spiro atoms. The van der Waals surface area contributed by atoms with Gasteiger partial charge in [0.2, 0.25) is 0 Å². The van der Waals surface area contributed by atoms with Crippen molar-refractivity contribution < 1.29 is 14.3 Å². The molecule has 0 aromatic heterocycles. The summed E-state index contributed by atoms with van der Waals surface area (Å²) in [5.41, 5.74) is 6.28. The average Bonchev–Trinajstić information content (AvgIpc) is 2.44. The van der Waals surface area contributed by atoms with Crippen LogP contribution in [0.5, 0.6) is 5.75 Å². The van der Waals surface area contributed by atoms with E-state index in [-0.39, 0.29) is 5.91 Å². The number of rotatable bonds is 8. The number of ether oxygens (including phenoxy) is 2. The fourth-order valence-corrected chi connectivity index (χ4v) is 1.66. The minimum absolute atomic E-state index is 0.153. The Balaban J connectivity index is 2.42. The third-order valence-electron chi connectivity index (χ3n) is 2.65. The Bertz CT molecular complexity index is 448. The fourth-order valence-electron chi connectivity index (χ4n) is 1.53. The van der Waals surface area contributed by atoms with E-state index in [1.54, 1.807) is 38.3 Å². The molecule has 0 saturated heterocycles. The lowest BCUT2D eigenvalue weighted by Gasteiger charge is -2.14. The van der Waals surface area contributed by atoms with E-state index in [0.717, 1.165) is 12.0 Å². The Kier molecular flexibility index (Phi) is 6.97. The Labute approximate surface area is 124 Å². The lowest BCUT2D eigenvalue weighted by atomic mass is 10.2. The third kappa shape index (κ3) is 5.54. The van der Waals surface area contributed by atoms with Crippen molar-refractivity contribution in [1.29, 1.82) is 0 Å². The van der Waals surface area contributed by atoms with Crippen molar-refractivity contribution in [3.8, 4) is 5.75 Å². The molecule has 5 nitrogen and oxygen atoms in total. The second-order valence-corrected chi connectivity index (χ2v) is 4.73. The van der Waals surface area contributed by atoms with Crippen LogP contribution in [0.3, 0.4) is 0 Å². The number of methoxy groups -OCH3 is 1. The quantitative estimate of drug-likeness (QED) is 0.558. The minimum atomic E-state index is -0.562. The summed E-state index contributed by atoms with van der Waals surface area (Å²) in [5.74, 6) is 0.448. The van der Waals surface area contributed by atoms with Crippen LogP contribution in [0.25, 0.3) is 0 Å². The Morgan fingerprint density at radius 2 is 2.05 bits per heavy atom. The molecule has 6 heteroatoms. The largest absolute Gasteiger partial charge is 0.481 e. The smallest absolute Gasteiger partial charge is 0.260 e. The lowest BCUT2D eigenvalue weighted by Crippen LogP contribution is -2.37. The predicted octanol–water partition coefficient (Wildman–Crippen LogP) is 1.24. The highest BCUT2D eigenvalue weighted by Crippen LogP contribution is 2.13. The second-order valence-electron chi connectivity index (χ2n) is 4.29. The number of nitrogens with two attached hydrogens (primary N) is 1. The molecule has 0 fully saturated rings. The molecule has 0 aliphatic heterocycles. The van der Waals surface area contributed by atoms with Gasteiger partial charge in [0.15, 0.2) is 6.10 Å². The van der Waals surface area contributed by atoms with Crippen molar-refractivity contribution in [2.24, 2.45) is 5.73 Å². The van der Waals surface area contributed by atoms with Crippen LogP contribution in [0.1, 0.15) is 18.9 Å². The molecule has 0 saturated carbocycles. The van der Waals surface area contributed by atoms with E-state index in [9.17, 15) is 4.79 Å². The van der Waals surface area contributed by atoms with Crippen molar-refractivity contribution in [3.05, 3.63) is 29.8 Å². The molecule has 0 radical (unpaired) electrons. The van der Waals surface area contributed by atoms with Crippen molar-refractivity contribution in [1.82, 2.24) is 5.32 Å². The first-order valence-corrected chi connectivity index (χ1v) is 6.78. The summed E-state index contributed by atoms with van der Waals surface area (Å²) in [6.45, 7) is 2.89. The first-order chi connectivity index (χ1) is 9.54. The molecular weight excluding hydrogens is 276 g/mol. The molecule has 1 unspecified atom stereocenters. The maximum Gasteiger partial charge on any atom is 0.260 e. The van der Waals surface area contributed by atoms with Gasteiger partial charge in [0.05, 0.1) is 0 Å². The lowest BCUT2D eigenvalue weighted by molar-refractivity contribution is -0.127. The normalized spacial score (nSPS) is 11.7. The molecule has 0 heterocycles. The number of carbonyl (C=O) groups excluding carboxylic acids is 1. The number of hydrogen-bond donors (Lipinski definition) is 2. The van der Waals surface area contributed by atoms with E-state index in [2.05, 4.69) is 5.32 Å². The Hall–Kier alpha value is -1.66. The van der Waals surface area contributed by atoms with Gasteiger partial charge in [-0.15, -0.1) is 0 Å². The van der Waals surface area contributed by atoms with E-state index in [1.165, 1.54) is 0 Å². The molecule has 0 aliphatic carbocycles. The molecule has 0 bridgehead atoms. The summed E-state index contributed by atoms with van der Waals surface area (Å²) in [5, 5.41) is 2.78. The van der Waals surface area contributed by atoms with Crippen molar-refractivity contribution >= 4 is 23.1 Å². The summed E-state index contributed by atoms with van der Waals surface area (Å²) < 4.78 is 10.4.